The van der Waals surface area contributed by atoms with Crippen LogP contribution < -0.4 is 0 Å². The van der Waals surface area contributed by atoms with Crippen LogP contribution in [-0.4, -0.2) is 35.1 Å². The lowest BCUT2D eigenvalue weighted by Gasteiger charge is -2.21. The molecule has 6 heteroatoms. The molecule has 102 valence electrons. The average Bonchev–Trinajstić information content (AvgIpc) is 2.99. The van der Waals surface area contributed by atoms with Gasteiger partial charge in [0.25, 0.3) is 0 Å². The van der Waals surface area contributed by atoms with E-state index in [1.807, 2.05) is 0 Å². The Kier molecular flexibility index (Phi) is 3.77. The quantitative estimate of drug-likeness (QED) is 0.790. The molecule has 1 aliphatic rings. The predicted molar refractivity (Wildman–Crippen MR) is 69.6 cm³/mol. The van der Waals surface area contributed by atoms with E-state index in [1.165, 1.54) is 10.9 Å². The molecule has 1 aliphatic carbocycles. The molecule has 0 amide bonds. The van der Waals surface area contributed by atoms with Crippen LogP contribution in [0.2, 0.25) is 0 Å². The molecule has 1 fully saturated rings. The number of aryl methyl sites for hydroxylation is 1. The molecule has 0 aliphatic heterocycles. The monoisotopic (exact) mass is 271 g/mol. The van der Waals surface area contributed by atoms with E-state index in [4.69, 9.17) is 0 Å². The third-order valence-corrected chi connectivity index (χ3v) is 5.07. The highest BCUT2D eigenvalue weighted by Crippen LogP contribution is 2.32. The van der Waals surface area contributed by atoms with Crippen LogP contribution in [0.25, 0.3) is 0 Å². The Balaban J connectivity index is 2.19. The van der Waals surface area contributed by atoms with E-state index < -0.39 is 10.0 Å². The van der Waals surface area contributed by atoms with Crippen LogP contribution in [0.1, 0.15) is 33.1 Å². The van der Waals surface area contributed by atoms with Gasteiger partial charge in [-0.2, -0.15) is 9.40 Å². The SMILES string of the molecule is CC(C)CCN(C1CC1)S(=O)(=O)c1cnn(C)c1. The smallest absolute Gasteiger partial charge is 0.246 e. The van der Waals surface area contributed by atoms with E-state index in [-0.39, 0.29) is 6.04 Å². The number of sulfonamides is 1. The summed E-state index contributed by atoms with van der Waals surface area (Å²) in [5, 5.41) is 3.95. The lowest BCUT2D eigenvalue weighted by atomic mass is 10.1. The van der Waals surface area contributed by atoms with Crippen molar-refractivity contribution >= 4 is 10.0 Å². The van der Waals surface area contributed by atoms with Gasteiger partial charge >= 0.3 is 0 Å². The van der Waals surface area contributed by atoms with Crippen LogP contribution in [0.3, 0.4) is 0 Å². The van der Waals surface area contributed by atoms with E-state index in [0.29, 0.717) is 17.4 Å². The molecule has 0 saturated heterocycles. The Morgan fingerprint density at radius 3 is 2.61 bits per heavy atom. The minimum Gasteiger partial charge on any atom is -0.274 e. The summed E-state index contributed by atoms with van der Waals surface area (Å²) in [5.41, 5.74) is 0. The molecule has 0 aromatic carbocycles. The fourth-order valence-electron chi connectivity index (χ4n) is 1.91. The number of rotatable bonds is 6. The molecule has 1 aromatic rings. The van der Waals surface area contributed by atoms with Gasteiger partial charge in [-0.15, -0.1) is 0 Å². The van der Waals surface area contributed by atoms with Crippen LogP contribution in [0.15, 0.2) is 17.3 Å². The van der Waals surface area contributed by atoms with Crippen molar-refractivity contribution in [2.45, 2.75) is 44.0 Å². The van der Waals surface area contributed by atoms with Gasteiger partial charge in [-0.25, -0.2) is 8.42 Å². The second kappa shape index (κ2) is 5.01. The third-order valence-electron chi connectivity index (χ3n) is 3.17. The van der Waals surface area contributed by atoms with Gasteiger partial charge in [0.15, 0.2) is 0 Å². The van der Waals surface area contributed by atoms with E-state index >= 15 is 0 Å². The van der Waals surface area contributed by atoms with Gasteiger partial charge in [-0.1, -0.05) is 13.8 Å². The fraction of sp³-hybridized carbons (Fsp3) is 0.750. The molecule has 2 rings (SSSR count). The van der Waals surface area contributed by atoms with E-state index in [0.717, 1.165) is 19.3 Å². The lowest BCUT2D eigenvalue weighted by Crippen LogP contribution is -2.34. The van der Waals surface area contributed by atoms with E-state index in [1.54, 1.807) is 17.5 Å². The summed E-state index contributed by atoms with van der Waals surface area (Å²) >= 11 is 0. The second-order valence-electron chi connectivity index (χ2n) is 5.38. The first kappa shape index (κ1) is 13.5. The molecule has 0 bridgehead atoms. The van der Waals surface area contributed by atoms with Gasteiger partial charge in [0.2, 0.25) is 10.0 Å². The minimum atomic E-state index is -3.36. The van der Waals surface area contributed by atoms with Crippen molar-refractivity contribution in [2.24, 2.45) is 13.0 Å². The standard InChI is InChI=1S/C12H21N3O2S/c1-10(2)6-7-15(11-4-5-11)18(16,17)12-8-13-14(3)9-12/h8-11H,4-7H2,1-3H3. The number of hydrogen-bond donors (Lipinski definition) is 0. The van der Waals surface area contributed by atoms with Crippen LogP contribution in [0, 0.1) is 5.92 Å². The van der Waals surface area contributed by atoms with Crippen molar-refractivity contribution in [3.8, 4) is 0 Å². The van der Waals surface area contributed by atoms with Crippen LogP contribution in [0.4, 0.5) is 0 Å². The number of nitrogens with zero attached hydrogens (tertiary/aromatic N) is 3. The summed E-state index contributed by atoms with van der Waals surface area (Å²) in [4.78, 5) is 0.306. The third kappa shape index (κ3) is 2.92. The molecule has 1 heterocycles. The summed E-state index contributed by atoms with van der Waals surface area (Å²) < 4.78 is 28.2. The Bertz CT molecular complexity index is 503. The van der Waals surface area contributed by atoms with Crippen LogP contribution in [-0.2, 0) is 17.1 Å². The summed E-state index contributed by atoms with van der Waals surface area (Å²) in [6.07, 6.45) is 5.87. The summed E-state index contributed by atoms with van der Waals surface area (Å²) in [5.74, 6) is 0.510. The molecule has 1 saturated carbocycles. The summed E-state index contributed by atoms with van der Waals surface area (Å²) in [7, 11) is -1.63. The average molecular weight is 271 g/mol. The van der Waals surface area contributed by atoms with Crippen molar-refractivity contribution in [1.29, 1.82) is 0 Å². The van der Waals surface area contributed by atoms with Gasteiger partial charge < -0.3 is 0 Å². The first-order valence-corrected chi connectivity index (χ1v) is 7.85. The topological polar surface area (TPSA) is 55.2 Å². The maximum Gasteiger partial charge on any atom is 0.246 e. The summed E-state index contributed by atoms with van der Waals surface area (Å²) in [6.45, 7) is 4.84. The summed E-state index contributed by atoms with van der Waals surface area (Å²) in [6, 6.07) is 0.203. The maximum absolute atomic E-state index is 12.5. The van der Waals surface area contributed by atoms with Crippen molar-refractivity contribution in [3.05, 3.63) is 12.4 Å². The van der Waals surface area contributed by atoms with Crippen molar-refractivity contribution in [2.75, 3.05) is 6.54 Å². The molecule has 1 aromatic heterocycles. The van der Waals surface area contributed by atoms with Crippen LogP contribution >= 0.6 is 0 Å². The highest BCUT2D eigenvalue weighted by Gasteiger charge is 2.38. The molecule has 0 radical (unpaired) electrons. The predicted octanol–water partition coefficient (Wildman–Crippen LogP) is 1.62. The Morgan fingerprint density at radius 1 is 1.50 bits per heavy atom. The zero-order chi connectivity index (χ0) is 13.3. The maximum atomic E-state index is 12.5. The Morgan fingerprint density at radius 2 is 2.17 bits per heavy atom. The molecule has 5 nitrogen and oxygen atoms in total. The molecule has 18 heavy (non-hydrogen) atoms. The second-order valence-corrected chi connectivity index (χ2v) is 7.27. The molecule has 0 N–H and O–H groups in total. The van der Waals surface area contributed by atoms with Crippen molar-refractivity contribution in [3.63, 3.8) is 0 Å². The lowest BCUT2D eigenvalue weighted by molar-refractivity contribution is 0.373. The molecular formula is C12H21N3O2S. The number of aromatic nitrogens is 2. The molecule has 0 unspecified atom stereocenters. The van der Waals surface area contributed by atoms with Gasteiger partial charge in [-0.3, -0.25) is 4.68 Å². The first-order chi connectivity index (χ1) is 8.41. The number of hydrogen-bond acceptors (Lipinski definition) is 3. The van der Waals surface area contributed by atoms with E-state index in [2.05, 4.69) is 18.9 Å². The zero-order valence-corrected chi connectivity index (χ0v) is 12.0. The normalized spacial score (nSPS) is 16.7. The highest BCUT2D eigenvalue weighted by molar-refractivity contribution is 7.89. The Hall–Kier alpha value is -0.880. The van der Waals surface area contributed by atoms with Gasteiger partial charge in [0.05, 0.1) is 6.20 Å². The van der Waals surface area contributed by atoms with E-state index in [9.17, 15) is 8.42 Å². The van der Waals surface area contributed by atoms with Crippen molar-refractivity contribution in [1.82, 2.24) is 14.1 Å². The Labute approximate surface area is 109 Å². The zero-order valence-electron chi connectivity index (χ0n) is 11.2. The van der Waals surface area contributed by atoms with Crippen molar-refractivity contribution < 1.29 is 8.42 Å². The first-order valence-electron chi connectivity index (χ1n) is 6.41. The van der Waals surface area contributed by atoms with Crippen LogP contribution in [0.5, 0.6) is 0 Å². The largest absolute Gasteiger partial charge is 0.274 e. The minimum absolute atomic E-state index is 0.203. The molecule has 0 atom stereocenters. The fourth-order valence-corrected chi connectivity index (χ4v) is 3.60. The highest BCUT2D eigenvalue weighted by atomic mass is 32.2. The van der Waals surface area contributed by atoms with Gasteiger partial charge in [0.1, 0.15) is 4.90 Å². The van der Waals surface area contributed by atoms with Gasteiger partial charge in [0, 0.05) is 25.8 Å². The molecular weight excluding hydrogens is 250 g/mol. The molecule has 0 spiro atoms. The van der Waals surface area contributed by atoms with Gasteiger partial charge in [-0.05, 0) is 25.2 Å².